The van der Waals surface area contributed by atoms with E-state index in [0.717, 1.165) is 0 Å². The van der Waals surface area contributed by atoms with Gasteiger partial charge in [0, 0.05) is 18.1 Å². The molecule has 4 heteroatoms. The first-order valence-electron chi connectivity index (χ1n) is 6.38. The van der Waals surface area contributed by atoms with Crippen molar-refractivity contribution < 1.29 is 4.48 Å². The summed E-state index contributed by atoms with van der Waals surface area (Å²) in [4.78, 5) is 5.34. The molecule has 4 saturated heterocycles. The van der Waals surface area contributed by atoms with Gasteiger partial charge in [-0.1, -0.05) is 30.3 Å². The summed E-state index contributed by atoms with van der Waals surface area (Å²) in [7, 11) is 0.268. The molecule has 4 aliphatic rings. The van der Waals surface area contributed by atoms with Crippen LogP contribution in [0.2, 0.25) is 0 Å². The first-order chi connectivity index (χ1) is 8.31. The SMILES string of the molecule is c1ccc(C[N+]23CN4CN(CP(C4)C2)C3)cc1. The molecule has 2 unspecified atom stereocenters. The number of benzene rings is 1. The van der Waals surface area contributed by atoms with Crippen molar-refractivity contribution in [1.29, 1.82) is 0 Å². The predicted molar refractivity (Wildman–Crippen MR) is 70.2 cm³/mol. The molecule has 0 spiro atoms. The second-order valence-electron chi connectivity index (χ2n) is 5.85. The Morgan fingerprint density at radius 2 is 1.76 bits per heavy atom. The lowest BCUT2D eigenvalue weighted by Gasteiger charge is -2.59. The summed E-state index contributed by atoms with van der Waals surface area (Å²) in [5, 5.41) is 0. The second kappa shape index (κ2) is 3.76. The lowest BCUT2D eigenvalue weighted by Crippen LogP contribution is -2.71. The molecule has 4 heterocycles. The summed E-state index contributed by atoms with van der Waals surface area (Å²) >= 11 is 0. The Bertz CT molecular complexity index is 385. The van der Waals surface area contributed by atoms with E-state index in [9.17, 15) is 0 Å². The van der Waals surface area contributed by atoms with Gasteiger partial charge in [0.15, 0.2) is 0 Å². The molecule has 4 aliphatic heterocycles. The average Bonchev–Trinajstić information content (AvgIpc) is 2.27. The Labute approximate surface area is 104 Å². The van der Waals surface area contributed by atoms with Crippen molar-refractivity contribution in [3.05, 3.63) is 35.9 Å². The van der Waals surface area contributed by atoms with Crippen LogP contribution >= 0.6 is 7.92 Å². The lowest BCUT2D eigenvalue weighted by atomic mass is 10.2. The number of nitrogens with zero attached hydrogens (tertiary/aromatic N) is 3. The zero-order valence-electron chi connectivity index (χ0n) is 10.1. The minimum atomic E-state index is 0.268. The Morgan fingerprint density at radius 3 is 2.41 bits per heavy atom. The van der Waals surface area contributed by atoms with E-state index in [2.05, 4.69) is 40.1 Å². The van der Waals surface area contributed by atoms with Gasteiger partial charge >= 0.3 is 0 Å². The van der Waals surface area contributed by atoms with Gasteiger partial charge in [-0.25, -0.2) is 9.80 Å². The first-order valence-corrected chi connectivity index (χ1v) is 8.27. The van der Waals surface area contributed by atoms with Crippen molar-refractivity contribution in [3.8, 4) is 0 Å². The van der Waals surface area contributed by atoms with E-state index in [0.29, 0.717) is 0 Å². The lowest BCUT2D eigenvalue weighted by molar-refractivity contribution is -0.960. The quantitative estimate of drug-likeness (QED) is 0.582. The Hall–Kier alpha value is -0.470. The minimum absolute atomic E-state index is 0.268. The van der Waals surface area contributed by atoms with Crippen LogP contribution in [0, 0.1) is 0 Å². The third-order valence-corrected chi connectivity index (χ3v) is 6.66. The number of hydrogen-bond acceptors (Lipinski definition) is 2. The van der Waals surface area contributed by atoms with Crippen molar-refractivity contribution in [2.45, 2.75) is 6.54 Å². The van der Waals surface area contributed by atoms with Gasteiger partial charge in [0.25, 0.3) is 0 Å². The molecular formula is C13H19N3P+. The van der Waals surface area contributed by atoms with Crippen molar-refractivity contribution in [2.24, 2.45) is 0 Å². The standard InChI is InChI=1S/C13H19N3P/c1-2-4-13(5-3-1)6-16-8-14-7-15(9-16)11-17(10-14)12-16/h1-5H,6-12H2/q+1. The molecule has 0 N–H and O–H groups in total. The summed E-state index contributed by atoms with van der Waals surface area (Å²) in [6.07, 6.45) is 4.26. The predicted octanol–water partition coefficient (Wildman–Crippen LogP) is 1.88. The van der Waals surface area contributed by atoms with E-state index in [1.54, 1.807) is 0 Å². The molecule has 3 nitrogen and oxygen atoms in total. The molecule has 5 rings (SSSR count). The number of quaternary nitrogens is 1. The van der Waals surface area contributed by atoms with E-state index < -0.39 is 0 Å². The summed E-state index contributed by atoms with van der Waals surface area (Å²) in [6.45, 7) is 5.02. The molecule has 17 heavy (non-hydrogen) atoms. The van der Waals surface area contributed by atoms with Crippen LogP contribution in [-0.4, -0.2) is 53.1 Å². The van der Waals surface area contributed by atoms with Crippen LogP contribution < -0.4 is 0 Å². The van der Waals surface area contributed by atoms with Gasteiger partial charge in [-0.05, 0) is 7.92 Å². The van der Waals surface area contributed by atoms with Gasteiger partial charge in [-0.2, -0.15) is 0 Å². The van der Waals surface area contributed by atoms with E-state index in [-0.39, 0.29) is 7.92 Å². The summed E-state index contributed by atoms with van der Waals surface area (Å²) in [5.74, 6) is 0. The topological polar surface area (TPSA) is 6.48 Å². The minimum Gasteiger partial charge on any atom is -0.291 e. The van der Waals surface area contributed by atoms with Crippen LogP contribution in [0.4, 0.5) is 0 Å². The van der Waals surface area contributed by atoms with Crippen molar-refractivity contribution >= 4 is 7.92 Å². The molecule has 0 radical (unpaired) electrons. The van der Waals surface area contributed by atoms with Gasteiger partial charge in [0.05, 0.1) is 6.67 Å². The highest BCUT2D eigenvalue weighted by Gasteiger charge is 2.49. The number of hydrogen-bond donors (Lipinski definition) is 0. The Balaban J connectivity index is 1.61. The third kappa shape index (κ3) is 1.82. The maximum absolute atomic E-state index is 2.67. The smallest absolute Gasteiger partial charge is 0.137 e. The first kappa shape index (κ1) is 10.5. The summed E-state index contributed by atoms with van der Waals surface area (Å²) < 4.78 is 1.30. The van der Waals surface area contributed by atoms with E-state index in [1.165, 1.54) is 55.5 Å². The highest BCUT2D eigenvalue weighted by atomic mass is 31.1. The maximum Gasteiger partial charge on any atom is 0.137 e. The highest BCUT2D eigenvalue weighted by Crippen LogP contribution is 2.51. The molecule has 0 aliphatic carbocycles. The molecule has 2 atom stereocenters. The van der Waals surface area contributed by atoms with Crippen molar-refractivity contribution in [1.82, 2.24) is 9.80 Å². The third-order valence-electron chi connectivity index (χ3n) is 4.06. The van der Waals surface area contributed by atoms with Crippen molar-refractivity contribution in [3.63, 3.8) is 0 Å². The summed E-state index contributed by atoms with van der Waals surface area (Å²) in [5.41, 5.74) is 1.51. The maximum atomic E-state index is 2.67. The molecule has 90 valence electrons. The Morgan fingerprint density at radius 1 is 1.06 bits per heavy atom. The second-order valence-corrected chi connectivity index (χ2v) is 8.04. The molecule has 1 aromatic carbocycles. The van der Waals surface area contributed by atoms with Crippen molar-refractivity contribution in [2.75, 3.05) is 38.9 Å². The summed E-state index contributed by atoms with van der Waals surface area (Å²) in [6, 6.07) is 11.0. The van der Waals surface area contributed by atoms with Crippen LogP contribution in [0.5, 0.6) is 0 Å². The van der Waals surface area contributed by atoms with Gasteiger partial charge in [-0.3, -0.25) is 4.48 Å². The van der Waals surface area contributed by atoms with E-state index in [1.807, 2.05) is 0 Å². The molecule has 0 aromatic heterocycles. The zero-order chi connectivity index (χ0) is 11.3. The van der Waals surface area contributed by atoms with Crippen LogP contribution in [0.15, 0.2) is 30.3 Å². The van der Waals surface area contributed by atoms with Crippen LogP contribution in [-0.2, 0) is 6.54 Å². The van der Waals surface area contributed by atoms with Gasteiger partial charge in [-0.15, -0.1) is 0 Å². The largest absolute Gasteiger partial charge is 0.291 e. The normalized spacial score (nSPS) is 42.9. The number of rotatable bonds is 2. The monoisotopic (exact) mass is 248 g/mol. The van der Waals surface area contributed by atoms with Crippen LogP contribution in [0.1, 0.15) is 5.56 Å². The molecule has 0 amide bonds. The molecule has 4 fully saturated rings. The van der Waals surface area contributed by atoms with E-state index in [4.69, 9.17) is 0 Å². The fraction of sp³-hybridized carbons (Fsp3) is 0.538. The van der Waals surface area contributed by atoms with Crippen LogP contribution in [0.25, 0.3) is 0 Å². The van der Waals surface area contributed by atoms with Gasteiger partial charge in [0.2, 0.25) is 0 Å². The average molecular weight is 248 g/mol. The molecule has 1 aromatic rings. The highest BCUT2D eigenvalue weighted by molar-refractivity contribution is 7.57. The molecule has 0 saturated carbocycles. The van der Waals surface area contributed by atoms with E-state index >= 15 is 0 Å². The molecule has 4 bridgehead atoms. The fourth-order valence-corrected chi connectivity index (χ4v) is 6.66. The molecular weight excluding hydrogens is 229 g/mol. The van der Waals surface area contributed by atoms with Crippen LogP contribution in [0.3, 0.4) is 0 Å². The van der Waals surface area contributed by atoms with Gasteiger partial charge in [0.1, 0.15) is 26.2 Å². The Kier molecular flexibility index (Phi) is 2.31. The zero-order valence-corrected chi connectivity index (χ0v) is 11.0. The van der Waals surface area contributed by atoms with Gasteiger partial charge < -0.3 is 0 Å². The fourth-order valence-electron chi connectivity index (χ4n) is 3.78.